The maximum absolute atomic E-state index is 14.9. The Morgan fingerprint density at radius 1 is 0.910 bits per heavy atom. The predicted molar refractivity (Wildman–Crippen MR) is 292 cm³/mol. The highest BCUT2D eigenvalue weighted by Crippen LogP contribution is 2.38. The lowest BCUT2D eigenvalue weighted by Crippen LogP contribution is -2.57. The number of aromatic amines is 1. The Morgan fingerprint density at radius 3 is 2.36 bits per heavy atom. The Bertz CT molecular complexity index is 3080. The average molecular weight is 1090 g/mol. The van der Waals surface area contributed by atoms with Crippen LogP contribution in [-0.2, 0) is 35.4 Å². The molecule has 4 aliphatic rings. The van der Waals surface area contributed by atoms with E-state index in [0.717, 1.165) is 68.2 Å². The molecule has 78 heavy (non-hydrogen) atoms. The van der Waals surface area contributed by atoms with Crippen LogP contribution in [-0.4, -0.2) is 154 Å². The number of rotatable bonds is 17. The number of amides is 4. The second kappa shape index (κ2) is 23.8. The third-order valence-electron chi connectivity index (χ3n) is 15.6. The van der Waals surface area contributed by atoms with Crippen molar-refractivity contribution in [3.05, 3.63) is 77.5 Å². The molecule has 5 atom stereocenters. The number of hydrogen-bond acceptors (Lipinski definition) is 17. The number of benzene rings is 2. The van der Waals surface area contributed by atoms with Gasteiger partial charge in [0.2, 0.25) is 17.8 Å². The molecule has 5 aromatic rings. The largest absolute Gasteiger partial charge is 0.491 e. The molecule has 2 aliphatic heterocycles. The first kappa shape index (κ1) is 55.6. The van der Waals surface area contributed by atoms with Crippen LogP contribution in [0.15, 0.2) is 60.0 Å². The summed E-state index contributed by atoms with van der Waals surface area (Å²) in [6, 6.07) is 9.30. The van der Waals surface area contributed by atoms with Crippen LogP contribution in [0.5, 0.6) is 11.5 Å². The fourth-order valence-corrected chi connectivity index (χ4v) is 12.2. The molecule has 2 unspecified atom stereocenters. The van der Waals surface area contributed by atoms with E-state index >= 15 is 0 Å². The van der Waals surface area contributed by atoms with E-state index in [0.29, 0.717) is 67.0 Å². The zero-order valence-electron chi connectivity index (χ0n) is 45.6. The van der Waals surface area contributed by atoms with E-state index in [1.165, 1.54) is 25.9 Å². The summed E-state index contributed by atoms with van der Waals surface area (Å²) >= 11 is 0. The number of alkyl carbamates (subject to hydrolysis) is 1. The number of ether oxygens (including phenoxy) is 3. The number of aromatic nitrogens is 6. The van der Waals surface area contributed by atoms with Gasteiger partial charge in [0.05, 0.1) is 35.2 Å². The van der Waals surface area contributed by atoms with E-state index in [4.69, 9.17) is 14.2 Å². The van der Waals surface area contributed by atoms with Crippen LogP contribution >= 0.6 is 0 Å². The summed E-state index contributed by atoms with van der Waals surface area (Å²) in [6.45, 7) is 13.7. The van der Waals surface area contributed by atoms with Gasteiger partial charge in [-0.2, -0.15) is 5.10 Å². The molecule has 2 saturated heterocycles. The lowest BCUT2D eigenvalue weighted by atomic mass is 9.83. The second-order valence-corrected chi connectivity index (χ2v) is 24.5. The Balaban J connectivity index is 0.843. The fourth-order valence-electron chi connectivity index (χ4n) is 10.8. The van der Waals surface area contributed by atoms with Crippen LogP contribution < -0.4 is 35.6 Å². The molecule has 23 heteroatoms. The monoisotopic (exact) mass is 1090 g/mol. The van der Waals surface area contributed by atoms with E-state index in [1.54, 1.807) is 50.2 Å². The van der Waals surface area contributed by atoms with Crippen molar-refractivity contribution in [1.82, 2.24) is 55.9 Å². The summed E-state index contributed by atoms with van der Waals surface area (Å²) in [4.78, 5) is 79.1. The van der Waals surface area contributed by atoms with Gasteiger partial charge in [0.25, 0.3) is 5.91 Å². The lowest BCUT2D eigenvalue weighted by molar-refractivity contribution is -0.144. The molecule has 9 rings (SSSR count). The quantitative estimate of drug-likeness (QED) is 0.0755. The number of hydrogen-bond donors (Lipinski definition) is 5. The first-order chi connectivity index (χ1) is 37.4. The van der Waals surface area contributed by atoms with E-state index in [1.807, 2.05) is 32.0 Å². The molecule has 5 heterocycles. The molecule has 1 saturated carbocycles. The highest BCUT2D eigenvalue weighted by atomic mass is 32.2. The molecule has 418 valence electrons. The minimum atomic E-state index is -3.87. The van der Waals surface area contributed by atoms with Gasteiger partial charge in [0.15, 0.2) is 27.5 Å². The number of likely N-dealkylation sites (tertiary alicyclic amines) is 1. The van der Waals surface area contributed by atoms with Crippen molar-refractivity contribution in [1.29, 1.82) is 0 Å². The van der Waals surface area contributed by atoms with Gasteiger partial charge >= 0.3 is 6.09 Å². The standard InChI is InChI=1S/C55H73N13O9S/c1-33-34(2)64-65-48(33)63-49-41-27-46(78(73,74)55(4,5)6)45(28-43(41)59-32-60-49)75-25-24-66-20-22-67(23-21-66)53-57-29-39(30-58-53)77-38-26-44(51(70)61-42-19-13-17-36-14-11-12-18-40(36)42)68(31-38)52(71)47(37-15-9-8-10-16-37)62-50(69)35(3)76-54(72)56-7/h11-12,14,18,27-30,32,35,37-38,42,44,47H,8-10,13,15-17,19-26,31H2,1-7H3,(H,56,72)(H,61,70)(H,62,69)(H2,59,60,63,64,65)/t35?,38-,42+,44-,47?/m0/s1. The van der Waals surface area contributed by atoms with Crippen LogP contribution in [0.3, 0.4) is 0 Å². The van der Waals surface area contributed by atoms with Gasteiger partial charge in [-0.05, 0) is 96.8 Å². The minimum Gasteiger partial charge on any atom is -0.491 e. The minimum absolute atomic E-state index is 0.0565. The SMILES string of the molecule is CNC(=O)OC(C)C(=O)NC(C(=O)N1C[C@@H](Oc2cnc(N3CCN(CCOc4cc5ncnc(Nc6n[nH]c(C)c6C)c5cc4S(=O)(=O)C(C)(C)C)CC3)nc2)C[C@H]1C(=O)N[C@@H]1CCCc2ccccc21)C1CCCCC1. The van der Waals surface area contributed by atoms with E-state index < -0.39 is 50.9 Å². The number of nitrogens with zero attached hydrogens (tertiary/aromatic N) is 8. The van der Waals surface area contributed by atoms with Gasteiger partial charge in [0, 0.05) is 68.9 Å². The molecule has 0 spiro atoms. The number of nitrogens with one attached hydrogen (secondary N) is 5. The topological polar surface area (TPSA) is 268 Å². The van der Waals surface area contributed by atoms with Gasteiger partial charge in [-0.25, -0.2) is 33.1 Å². The van der Waals surface area contributed by atoms with E-state index in [2.05, 4.69) is 67.3 Å². The van der Waals surface area contributed by atoms with Gasteiger partial charge in [0.1, 0.15) is 47.6 Å². The number of carbonyl (C=O) groups excluding carboxylic acids is 4. The zero-order chi connectivity index (χ0) is 55.3. The van der Waals surface area contributed by atoms with Crippen molar-refractivity contribution in [2.75, 3.05) is 63.1 Å². The summed E-state index contributed by atoms with van der Waals surface area (Å²) in [5.41, 5.74) is 4.60. The Hall–Kier alpha value is -7.14. The molecule has 22 nitrogen and oxygen atoms in total. The number of carbonyl (C=O) groups is 4. The predicted octanol–water partition coefficient (Wildman–Crippen LogP) is 5.63. The van der Waals surface area contributed by atoms with Crippen LogP contribution in [0, 0.1) is 19.8 Å². The normalized spacial score (nSPS) is 20.1. The number of fused-ring (bicyclic) bond motifs is 2. The molecule has 2 aliphatic carbocycles. The Kier molecular flexibility index (Phi) is 17.0. The van der Waals surface area contributed by atoms with Crippen molar-refractivity contribution in [2.24, 2.45) is 5.92 Å². The van der Waals surface area contributed by atoms with E-state index in [-0.39, 0.29) is 54.0 Å². The summed E-state index contributed by atoms with van der Waals surface area (Å²) in [6.07, 6.45) is 9.21. The molecular formula is C55H73N13O9S. The number of aryl methyl sites for hydroxylation is 2. The Morgan fingerprint density at radius 2 is 1.65 bits per heavy atom. The van der Waals surface area contributed by atoms with Crippen molar-refractivity contribution < 1.29 is 41.8 Å². The molecule has 3 aromatic heterocycles. The third kappa shape index (κ3) is 12.4. The van der Waals surface area contributed by atoms with Crippen LogP contribution in [0.25, 0.3) is 10.9 Å². The highest BCUT2D eigenvalue weighted by molar-refractivity contribution is 7.92. The fraction of sp³-hybridized carbons (Fsp3) is 0.545. The van der Waals surface area contributed by atoms with Crippen molar-refractivity contribution >= 4 is 62.1 Å². The molecule has 0 bridgehead atoms. The number of sulfone groups is 1. The second-order valence-electron chi connectivity index (χ2n) is 21.8. The van der Waals surface area contributed by atoms with E-state index in [9.17, 15) is 27.6 Å². The summed E-state index contributed by atoms with van der Waals surface area (Å²) < 4.78 is 45.0. The molecule has 0 radical (unpaired) electrons. The molecule has 4 amide bonds. The average Bonchev–Trinajstić information content (AvgIpc) is 4.11. The van der Waals surface area contributed by atoms with Crippen LogP contribution in [0.4, 0.5) is 22.4 Å². The summed E-state index contributed by atoms with van der Waals surface area (Å²) in [5.74, 6) is 0.691. The first-order valence-corrected chi connectivity index (χ1v) is 28.6. The number of H-pyrrole nitrogens is 1. The maximum atomic E-state index is 14.9. The van der Waals surface area contributed by atoms with Crippen molar-refractivity contribution in [2.45, 2.75) is 139 Å². The molecular weight excluding hydrogens is 1020 g/mol. The lowest BCUT2D eigenvalue weighted by Gasteiger charge is -2.35. The molecule has 5 N–H and O–H groups in total. The molecule has 3 fully saturated rings. The summed E-state index contributed by atoms with van der Waals surface area (Å²) in [5, 5.41) is 19.6. The van der Waals surface area contributed by atoms with Crippen LogP contribution in [0.2, 0.25) is 0 Å². The first-order valence-electron chi connectivity index (χ1n) is 27.2. The van der Waals surface area contributed by atoms with Gasteiger partial charge < -0.3 is 45.3 Å². The van der Waals surface area contributed by atoms with Crippen molar-refractivity contribution in [3.8, 4) is 11.5 Å². The highest BCUT2D eigenvalue weighted by Gasteiger charge is 2.46. The van der Waals surface area contributed by atoms with Crippen LogP contribution in [0.1, 0.15) is 107 Å². The van der Waals surface area contributed by atoms with Crippen molar-refractivity contribution in [3.63, 3.8) is 0 Å². The number of piperazine rings is 1. The number of anilines is 3. The maximum Gasteiger partial charge on any atom is 0.407 e. The van der Waals surface area contributed by atoms with Gasteiger partial charge in [-0.3, -0.25) is 24.4 Å². The van der Waals surface area contributed by atoms with Gasteiger partial charge in [-0.1, -0.05) is 43.5 Å². The smallest absolute Gasteiger partial charge is 0.407 e. The summed E-state index contributed by atoms with van der Waals surface area (Å²) in [7, 11) is -2.47. The zero-order valence-corrected chi connectivity index (χ0v) is 46.5. The van der Waals surface area contributed by atoms with Gasteiger partial charge in [-0.15, -0.1) is 0 Å². The third-order valence-corrected chi connectivity index (χ3v) is 18.1. The Labute approximate surface area is 455 Å². The molecule has 2 aromatic carbocycles.